The zero-order valence-electron chi connectivity index (χ0n) is 24.5. The van der Waals surface area contributed by atoms with E-state index in [0.717, 1.165) is 36.6 Å². The molecule has 2 aromatic carbocycles. The van der Waals surface area contributed by atoms with Crippen LogP contribution in [0.15, 0.2) is 42.5 Å². The van der Waals surface area contributed by atoms with E-state index < -0.39 is 11.7 Å². The summed E-state index contributed by atoms with van der Waals surface area (Å²) in [5.74, 6) is 1.73. The van der Waals surface area contributed by atoms with Crippen LogP contribution in [0.3, 0.4) is 0 Å². The topological polar surface area (TPSA) is 65.0 Å². The van der Waals surface area contributed by atoms with Gasteiger partial charge in [0.1, 0.15) is 6.10 Å². The number of phenolic OH excluding ortho intramolecular Hbond substituents is 1. The Bertz CT molecular complexity index is 1390. The van der Waals surface area contributed by atoms with Crippen molar-refractivity contribution in [3.05, 3.63) is 64.7 Å². The van der Waals surface area contributed by atoms with E-state index in [9.17, 15) is 23.1 Å². The minimum Gasteiger partial charge on any atom is -0.504 e. The van der Waals surface area contributed by atoms with Crippen molar-refractivity contribution in [1.82, 2.24) is 15.1 Å². The summed E-state index contributed by atoms with van der Waals surface area (Å²) in [5.41, 5.74) is 2.60. The van der Waals surface area contributed by atoms with Crippen molar-refractivity contribution in [3.63, 3.8) is 0 Å². The number of hydrogen-bond acceptors (Lipinski definition) is 5. The number of piperidine rings is 1. The Labute approximate surface area is 245 Å². The monoisotopic (exact) mass is 583 g/mol. The van der Waals surface area contributed by atoms with E-state index in [0.29, 0.717) is 17.4 Å². The van der Waals surface area contributed by atoms with Crippen molar-refractivity contribution >= 4 is 12.0 Å². The maximum Gasteiger partial charge on any atom is 0.416 e. The quantitative estimate of drug-likeness (QED) is 0.463. The van der Waals surface area contributed by atoms with Crippen LogP contribution < -0.4 is 10.1 Å². The van der Waals surface area contributed by atoms with E-state index in [-0.39, 0.29) is 23.0 Å². The molecule has 3 aliphatic carbocycles. The minimum absolute atomic E-state index is 0.0567. The molecule has 0 radical (unpaired) electrons. The third-order valence-corrected chi connectivity index (χ3v) is 10.3. The van der Waals surface area contributed by atoms with Gasteiger partial charge < -0.3 is 20.1 Å². The van der Waals surface area contributed by atoms with Gasteiger partial charge in [0.15, 0.2) is 11.5 Å². The number of alkyl halides is 3. The molecule has 2 aromatic rings. The average molecular weight is 584 g/mol. The van der Waals surface area contributed by atoms with Crippen LogP contribution in [0.5, 0.6) is 11.5 Å². The van der Waals surface area contributed by atoms with Crippen LogP contribution in [0.1, 0.15) is 60.8 Å². The highest BCUT2D eigenvalue weighted by Gasteiger charge is 2.72. The van der Waals surface area contributed by atoms with Crippen molar-refractivity contribution in [1.29, 1.82) is 0 Å². The first-order valence-electron chi connectivity index (χ1n) is 15.0. The van der Waals surface area contributed by atoms with E-state index in [1.54, 1.807) is 0 Å². The predicted molar refractivity (Wildman–Crippen MR) is 155 cm³/mol. The number of hydrogen-bond donors (Lipinski definition) is 2. The molecule has 1 amide bonds. The number of ether oxygens (including phenoxy) is 1. The third-order valence-electron chi connectivity index (χ3n) is 10.3. The van der Waals surface area contributed by atoms with Gasteiger partial charge in [0.2, 0.25) is 5.91 Å². The highest BCUT2D eigenvalue weighted by Crippen LogP contribution is 2.66. The second-order valence-electron chi connectivity index (χ2n) is 12.7. The molecule has 1 saturated heterocycles. The number of likely N-dealkylation sites (N-methyl/N-ethyl adjacent to an activating group) is 2. The van der Waals surface area contributed by atoms with E-state index in [1.807, 2.05) is 6.07 Å². The summed E-state index contributed by atoms with van der Waals surface area (Å²) in [7, 11) is 6.03. The lowest BCUT2D eigenvalue weighted by Gasteiger charge is -2.68. The number of aromatic hydroxyl groups is 1. The van der Waals surface area contributed by atoms with Crippen LogP contribution in [0.25, 0.3) is 6.08 Å². The van der Waals surface area contributed by atoms with Crippen molar-refractivity contribution in [2.24, 2.45) is 5.92 Å². The van der Waals surface area contributed by atoms with Crippen LogP contribution >= 0.6 is 0 Å². The normalized spacial score (nSPS) is 29.5. The first-order valence-corrected chi connectivity index (χ1v) is 15.0. The number of halogens is 3. The zero-order valence-corrected chi connectivity index (χ0v) is 24.5. The van der Waals surface area contributed by atoms with Crippen molar-refractivity contribution < 1.29 is 27.8 Å². The zero-order chi connectivity index (χ0) is 29.9. The maximum atomic E-state index is 12.3. The van der Waals surface area contributed by atoms with Crippen LogP contribution in [0.4, 0.5) is 13.2 Å². The Morgan fingerprint density at radius 3 is 2.67 bits per heavy atom. The molecular weight excluding hydrogens is 543 g/mol. The Morgan fingerprint density at radius 1 is 1.19 bits per heavy atom. The van der Waals surface area contributed by atoms with Gasteiger partial charge in [-0.25, -0.2) is 0 Å². The number of benzene rings is 2. The number of nitrogens with one attached hydrogen (secondary N) is 1. The summed E-state index contributed by atoms with van der Waals surface area (Å²) in [6.07, 6.45) is 7.08. The third kappa shape index (κ3) is 4.60. The number of amides is 1. The second-order valence-corrected chi connectivity index (χ2v) is 12.7. The number of rotatable bonds is 5. The van der Waals surface area contributed by atoms with Crippen molar-refractivity contribution in [2.45, 2.75) is 74.2 Å². The fourth-order valence-corrected chi connectivity index (χ4v) is 8.47. The SMILES string of the molecule is CN(C)[C@@]12CCC[C@@H]3Oc4c(O)ccc5c4[C@@]31CCN(CC1CC1)[C@@H]2C5.CNC(=O)/C=C/c1cccc(C(F)(F)F)c1. The molecule has 2 saturated carbocycles. The Kier molecular flexibility index (Phi) is 7.33. The van der Waals surface area contributed by atoms with Gasteiger partial charge >= 0.3 is 6.18 Å². The molecule has 9 heteroatoms. The number of carbonyl (C=O) groups is 1. The Balaban J connectivity index is 0.000000171. The molecule has 0 unspecified atom stereocenters. The largest absolute Gasteiger partial charge is 0.504 e. The predicted octanol–water partition coefficient (Wildman–Crippen LogP) is 5.38. The molecule has 2 N–H and O–H groups in total. The number of likely N-dealkylation sites (tertiary alicyclic amines) is 1. The molecule has 1 spiro atoms. The van der Waals surface area contributed by atoms with E-state index in [1.165, 1.54) is 87.7 Å². The van der Waals surface area contributed by atoms with Gasteiger partial charge in [-0.3, -0.25) is 9.69 Å². The Hall–Kier alpha value is -3.04. The number of nitrogens with zero attached hydrogens (tertiary/aromatic N) is 2. The Morgan fingerprint density at radius 2 is 1.98 bits per heavy atom. The lowest BCUT2D eigenvalue weighted by Crippen LogP contribution is -2.79. The smallest absolute Gasteiger partial charge is 0.416 e. The fraction of sp³-hybridized carbons (Fsp3) is 0.545. The maximum absolute atomic E-state index is 12.3. The molecule has 3 fully saturated rings. The second kappa shape index (κ2) is 10.6. The minimum atomic E-state index is -4.36. The van der Waals surface area contributed by atoms with E-state index >= 15 is 0 Å². The molecule has 2 heterocycles. The first kappa shape index (κ1) is 29.1. The summed E-state index contributed by atoms with van der Waals surface area (Å²) < 4.78 is 43.5. The molecule has 7 rings (SSSR count). The molecule has 6 nitrogen and oxygen atoms in total. The molecule has 226 valence electrons. The molecular formula is C33H40F3N3O3. The molecule has 42 heavy (non-hydrogen) atoms. The summed E-state index contributed by atoms with van der Waals surface area (Å²) in [6, 6.07) is 9.38. The number of carbonyl (C=O) groups excluding carboxylic acids is 1. The van der Waals surface area contributed by atoms with Crippen molar-refractivity contribution in [2.75, 3.05) is 34.2 Å². The summed E-state index contributed by atoms with van der Waals surface area (Å²) in [4.78, 5) is 16.2. The van der Waals surface area contributed by atoms with Gasteiger partial charge in [-0.1, -0.05) is 18.2 Å². The summed E-state index contributed by atoms with van der Waals surface area (Å²) in [5, 5.41) is 12.9. The van der Waals surface area contributed by atoms with Gasteiger partial charge in [-0.05, 0) is 107 Å². The molecule has 0 aromatic heterocycles. The van der Waals surface area contributed by atoms with Crippen molar-refractivity contribution in [3.8, 4) is 11.5 Å². The highest BCUT2D eigenvalue weighted by molar-refractivity contribution is 5.91. The lowest BCUT2D eigenvalue weighted by atomic mass is 9.47. The van der Waals surface area contributed by atoms with Gasteiger partial charge in [0.05, 0.1) is 11.0 Å². The lowest BCUT2D eigenvalue weighted by molar-refractivity contribution is -0.137. The van der Waals surface area contributed by atoms with Gasteiger partial charge in [0.25, 0.3) is 0 Å². The van der Waals surface area contributed by atoms with Crippen LogP contribution in [-0.2, 0) is 22.8 Å². The average Bonchev–Trinajstić information content (AvgIpc) is 3.72. The van der Waals surface area contributed by atoms with Gasteiger partial charge in [0, 0.05) is 36.8 Å². The molecule has 2 aliphatic heterocycles. The fourth-order valence-electron chi connectivity index (χ4n) is 8.47. The highest BCUT2D eigenvalue weighted by atomic mass is 19.4. The van der Waals surface area contributed by atoms with Gasteiger partial charge in [-0.2, -0.15) is 13.2 Å². The van der Waals surface area contributed by atoms with Gasteiger partial charge in [-0.15, -0.1) is 0 Å². The number of phenols is 1. The van der Waals surface area contributed by atoms with E-state index in [4.69, 9.17) is 4.74 Å². The van der Waals surface area contributed by atoms with Crippen LogP contribution in [-0.4, -0.2) is 72.7 Å². The standard InChI is InChI=1S/C22H30N2O2.C11H10F3NO/c1-23(2)22-9-3-4-18-21(22)10-11-24(13-14-5-6-14)17(22)12-15-7-8-16(25)20(26-18)19(15)21;1-15-10(16)6-5-8-3-2-4-9(7-8)11(12,13)14/h7-8,14,17-18,25H,3-6,9-13H2,1-2H3;2-7H,1H3,(H,15,16)/b;6-5+/t17-,18+,21-,22-;/m1./s1. The summed E-state index contributed by atoms with van der Waals surface area (Å²) in [6.45, 7) is 2.47. The summed E-state index contributed by atoms with van der Waals surface area (Å²) >= 11 is 0. The molecule has 4 atom stereocenters. The molecule has 2 bridgehead atoms. The molecule has 5 aliphatic rings. The van der Waals surface area contributed by atoms with E-state index in [2.05, 4.69) is 35.3 Å². The first-order chi connectivity index (χ1) is 20.0. The van der Waals surface area contributed by atoms with Crippen LogP contribution in [0, 0.1) is 5.92 Å². The van der Waals surface area contributed by atoms with Crippen LogP contribution in [0.2, 0.25) is 0 Å².